The third-order valence-corrected chi connectivity index (χ3v) is 8.80. The molecule has 4 aromatic carbocycles. The van der Waals surface area contributed by atoms with E-state index in [2.05, 4.69) is 5.32 Å². The number of nitrogens with zero attached hydrogens (tertiary/aromatic N) is 1. The Kier molecular flexibility index (Phi) is 7.41. The summed E-state index contributed by atoms with van der Waals surface area (Å²) in [6, 6.07) is 33.1. The van der Waals surface area contributed by atoms with Gasteiger partial charge in [0, 0.05) is 11.4 Å². The van der Waals surface area contributed by atoms with Crippen LogP contribution in [0.4, 0.5) is 17.1 Å². The average Bonchev–Trinajstić information content (AvgIpc) is 3.30. The number of phenols is 1. The lowest BCUT2D eigenvalue weighted by molar-refractivity contribution is -0.123. The van der Waals surface area contributed by atoms with Crippen LogP contribution in [0.5, 0.6) is 11.5 Å². The Morgan fingerprint density at radius 1 is 0.841 bits per heavy atom. The number of hydrogen-bond acceptors (Lipinski definition) is 7. The van der Waals surface area contributed by atoms with Gasteiger partial charge >= 0.3 is 7.12 Å². The maximum absolute atomic E-state index is 14.1. The fraction of sp³-hybridized carbons (Fsp3) is 0.200. The molecule has 0 unspecified atom stereocenters. The number of hydrogen-bond donors (Lipinski definition) is 3. The number of benzene rings is 4. The highest BCUT2D eigenvalue weighted by Gasteiger charge is 2.58. The van der Waals surface area contributed by atoms with Crippen molar-refractivity contribution in [3.05, 3.63) is 126 Å². The number of nitrogens with one attached hydrogen (secondary N) is 1. The quantitative estimate of drug-likeness (QED) is 0.185. The van der Waals surface area contributed by atoms with Crippen LogP contribution in [0.15, 0.2) is 120 Å². The van der Waals surface area contributed by atoms with Gasteiger partial charge in [0.05, 0.1) is 23.6 Å². The molecule has 9 heteroatoms. The highest BCUT2D eigenvalue weighted by atomic mass is 16.5. The minimum Gasteiger partial charge on any atom is -0.508 e. The molecule has 2 aliphatic heterocycles. The molecule has 3 N–H and O–H groups in total. The summed E-state index contributed by atoms with van der Waals surface area (Å²) >= 11 is 0. The fourth-order valence-corrected chi connectivity index (χ4v) is 6.81. The molecule has 0 radical (unpaired) electrons. The molecular formula is C35H31BN2O6. The normalized spacial score (nSPS) is 22.9. The Morgan fingerprint density at radius 3 is 2.27 bits per heavy atom. The van der Waals surface area contributed by atoms with Crippen molar-refractivity contribution >= 4 is 36.0 Å². The molecule has 0 bridgehead atoms. The standard InChI is InChI=1S/C35H31BN2O6/c39-27-11-7-8-22(18-27)31-20-29-32-30(19-23(33(29)36(42)44-31)21-43-28-12-5-2-6-13-28)34(40)38(35(32)41)26-16-14-25(15-17-26)37-24-9-3-1-4-10-24/h1-18,29-32,37,39,42H,19-21H2/t29-,30-,31-,32+/m0/s1. The van der Waals surface area contributed by atoms with Gasteiger partial charge in [-0.15, -0.1) is 0 Å². The number of imide groups is 1. The molecule has 220 valence electrons. The summed E-state index contributed by atoms with van der Waals surface area (Å²) in [5.41, 5.74) is 4.36. The largest absolute Gasteiger partial charge is 0.508 e. The molecule has 2 amide bonds. The number of allylic oxidation sites excluding steroid dienone is 1. The number of anilines is 3. The number of phenolic OH excluding ortho intramolecular Hbond substituents is 1. The predicted octanol–water partition coefficient (Wildman–Crippen LogP) is 5.82. The summed E-state index contributed by atoms with van der Waals surface area (Å²) in [6.07, 6.45) is 0.0923. The Morgan fingerprint density at radius 2 is 1.55 bits per heavy atom. The summed E-state index contributed by atoms with van der Waals surface area (Å²) < 4.78 is 12.2. The van der Waals surface area contributed by atoms with Gasteiger partial charge in [-0.1, -0.05) is 48.5 Å². The molecule has 7 rings (SSSR count). The van der Waals surface area contributed by atoms with Gasteiger partial charge in [-0.3, -0.25) is 14.5 Å². The Balaban J connectivity index is 1.20. The summed E-state index contributed by atoms with van der Waals surface area (Å²) in [5, 5.41) is 24.8. The third-order valence-electron chi connectivity index (χ3n) is 8.80. The van der Waals surface area contributed by atoms with Gasteiger partial charge in [0.25, 0.3) is 0 Å². The second-order valence-electron chi connectivity index (χ2n) is 11.5. The molecular weight excluding hydrogens is 555 g/mol. The van der Waals surface area contributed by atoms with E-state index >= 15 is 0 Å². The number of ether oxygens (including phenoxy) is 1. The van der Waals surface area contributed by atoms with E-state index < -0.39 is 31.0 Å². The van der Waals surface area contributed by atoms with Crippen molar-refractivity contribution in [3.63, 3.8) is 0 Å². The van der Waals surface area contributed by atoms with Crippen molar-refractivity contribution < 1.29 is 29.1 Å². The monoisotopic (exact) mass is 586 g/mol. The summed E-state index contributed by atoms with van der Waals surface area (Å²) in [7, 11) is -1.28. The van der Waals surface area contributed by atoms with E-state index in [0.717, 1.165) is 16.9 Å². The average molecular weight is 586 g/mol. The van der Waals surface area contributed by atoms with Crippen LogP contribution in [0, 0.1) is 17.8 Å². The van der Waals surface area contributed by atoms with Crippen molar-refractivity contribution in [2.45, 2.75) is 18.9 Å². The van der Waals surface area contributed by atoms with Crippen LogP contribution in [-0.4, -0.2) is 35.7 Å². The molecule has 2 heterocycles. The van der Waals surface area contributed by atoms with E-state index in [1.165, 1.54) is 4.90 Å². The maximum atomic E-state index is 14.1. The molecule has 8 nitrogen and oxygen atoms in total. The van der Waals surface area contributed by atoms with Crippen LogP contribution in [0.1, 0.15) is 24.5 Å². The molecule has 1 aliphatic carbocycles. The van der Waals surface area contributed by atoms with E-state index in [1.807, 2.05) is 78.9 Å². The van der Waals surface area contributed by atoms with Crippen LogP contribution in [0.25, 0.3) is 0 Å². The van der Waals surface area contributed by atoms with Crippen molar-refractivity contribution in [1.29, 1.82) is 0 Å². The van der Waals surface area contributed by atoms with Crippen LogP contribution < -0.4 is 15.0 Å². The topological polar surface area (TPSA) is 108 Å². The number of carbonyl (C=O) groups is 2. The highest BCUT2D eigenvalue weighted by Crippen LogP contribution is 2.52. The van der Waals surface area contributed by atoms with Crippen LogP contribution >= 0.6 is 0 Å². The van der Waals surface area contributed by atoms with Gasteiger partial charge in [0.1, 0.15) is 18.1 Å². The van der Waals surface area contributed by atoms with E-state index in [-0.39, 0.29) is 30.6 Å². The predicted molar refractivity (Wildman–Crippen MR) is 167 cm³/mol. The zero-order chi connectivity index (χ0) is 30.2. The first-order valence-electron chi connectivity index (χ1n) is 14.8. The van der Waals surface area contributed by atoms with E-state index in [0.29, 0.717) is 28.9 Å². The first-order valence-corrected chi connectivity index (χ1v) is 14.8. The molecule has 0 aromatic heterocycles. The van der Waals surface area contributed by atoms with Gasteiger partial charge in [-0.25, -0.2) is 0 Å². The maximum Gasteiger partial charge on any atom is 0.487 e. The van der Waals surface area contributed by atoms with Gasteiger partial charge < -0.3 is 24.8 Å². The first kappa shape index (κ1) is 27.9. The van der Waals surface area contributed by atoms with E-state index in [4.69, 9.17) is 9.39 Å². The molecule has 0 saturated carbocycles. The van der Waals surface area contributed by atoms with Gasteiger partial charge in [-0.05, 0) is 96.0 Å². The number of carbonyl (C=O) groups excluding carboxylic acids is 2. The second kappa shape index (κ2) is 11.7. The lowest BCUT2D eigenvalue weighted by atomic mass is 9.55. The van der Waals surface area contributed by atoms with Crippen molar-refractivity contribution in [2.24, 2.45) is 17.8 Å². The zero-order valence-electron chi connectivity index (χ0n) is 23.9. The molecule has 0 spiro atoms. The lowest BCUT2D eigenvalue weighted by Crippen LogP contribution is -2.45. The lowest BCUT2D eigenvalue weighted by Gasteiger charge is -2.42. The number of fused-ring (bicyclic) bond motifs is 3. The van der Waals surface area contributed by atoms with E-state index in [1.54, 1.807) is 30.3 Å². The van der Waals surface area contributed by atoms with Gasteiger partial charge in [0.15, 0.2) is 0 Å². The molecule has 2 saturated heterocycles. The molecule has 44 heavy (non-hydrogen) atoms. The Bertz CT molecular complexity index is 1710. The smallest absolute Gasteiger partial charge is 0.487 e. The molecule has 4 atom stereocenters. The molecule has 2 fully saturated rings. The third kappa shape index (κ3) is 5.25. The molecule has 3 aliphatic rings. The Hall–Kier alpha value is -4.86. The van der Waals surface area contributed by atoms with Crippen molar-refractivity contribution in [1.82, 2.24) is 0 Å². The summed E-state index contributed by atoms with van der Waals surface area (Å²) in [4.78, 5) is 29.4. The summed E-state index contributed by atoms with van der Waals surface area (Å²) in [6.45, 7) is 0.164. The number of aromatic hydroxyl groups is 1. The van der Waals surface area contributed by atoms with Crippen molar-refractivity contribution in [3.8, 4) is 11.5 Å². The zero-order valence-corrected chi connectivity index (χ0v) is 23.9. The fourth-order valence-electron chi connectivity index (χ4n) is 6.81. The van der Waals surface area contributed by atoms with Crippen LogP contribution in [0.3, 0.4) is 0 Å². The summed E-state index contributed by atoms with van der Waals surface area (Å²) in [5.74, 6) is -1.47. The van der Waals surface area contributed by atoms with Gasteiger partial charge in [-0.2, -0.15) is 0 Å². The number of para-hydroxylation sites is 2. The van der Waals surface area contributed by atoms with Crippen LogP contribution in [-0.2, 0) is 14.2 Å². The number of rotatable bonds is 7. The minimum atomic E-state index is -1.28. The number of amides is 2. The molecule has 4 aromatic rings. The van der Waals surface area contributed by atoms with Crippen molar-refractivity contribution in [2.75, 3.05) is 16.8 Å². The minimum absolute atomic E-state index is 0.0869. The SMILES string of the molecule is O=C1[C@H]2[C@H](CC(COc3ccccc3)=C3B(O)O[C@H](c4cccc(O)c4)C[C@H]32)C(=O)N1c1ccc(Nc2ccccc2)cc1. The first-order chi connectivity index (χ1) is 21.5. The Labute approximate surface area is 255 Å². The van der Waals surface area contributed by atoms with Gasteiger partial charge in [0.2, 0.25) is 11.8 Å². The van der Waals surface area contributed by atoms with Crippen LogP contribution in [0.2, 0.25) is 0 Å². The second-order valence-corrected chi connectivity index (χ2v) is 11.5. The van der Waals surface area contributed by atoms with E-state index in [9.17, 15) is 19.7 Å². The highest BCUT2D eigenvalue weighted by molar-refractivity contribution is 6.53.